The van der Waals surface area contributed by atoms with Gasteiger partial charge in [-0.1, -0.05) is 46.3 Å². The molecule has 1 fully saturated rings. The van der Waals surface area contributed by atoms with Crippen LogP contribution in [0.1, 0.15) is 5.56 Å². The van der Waals surface area contributed by atoms with Crippen molar-refractivity contribution in [3.8, 4) is 0 Å². The summed E-state index contributed by atoms with van der Waals surface area (Å²) >= 11 is 3.48. The Morgan fingerprint density at radius 3 is 2.38 bits per heavy atom. The number of benzene rings is 2. The van der Waals surface area contributed by atoms with Crippen molar-refractivity contribution >= 4 is 27.8 Å². The molecule has 1 aliphatic heterocycles. The lowest BCUT2D eigenvalue weighted by Crippen LogP contribution is -2.44. The second-order valence-electron chi connectivity index (χ2n) is 5.08. The second-order valence-corrected chi connectivity index (χ2v) is 5.99. The molecule has 0 amide bonds. The van der Waals surface area contributed by atoms with Crippen molar-refractivity contribution in [1.29, 1.82) is 0 Å². The largest absolute Gasteiger partial charge is 0.368 e. The van der Waals surface area contributed by atoms with E-state index >= 15 is 0 Å². The molecule has 0 aromatic heterocycles. The number of hydrogen-bond acceptors (Lipinski definition) is 3. The summed E-state index contributed by atoms with van der Waals surface area (Å²) in [4.78, 5) is 2.41. The van der Waals surface area contributed by atoms with Crippen LogP contribution < -0.4 is 4.90 Å². The Morgan fingerprint density at radius 2 is 1.67 bits per heavy atom. The van der Waals surface area contributed by atoms with Crippen molar-refractivity contribution < 1.29 is 0 Å². The maximum atomic E-state index is 4.58. The number of nitrogens with zero attached hydrogens (tertiary/aromatic N) is 3. The molecule has 2 aromatic rings. The van der Waals surface area contributed by atoms with Gasteiger partial charge < -0.3 is 4.90 Å². The standard InChI is InChI=1S/C17H18BrN3/c18-16-6-4-5-15(13-16)14-19-21-11-9-20(10-12-21)17-7-2-1-3-8-17/h1-8,13-14H,9-12H2/b19-14-. The van der Waals surface area contributed by atoms with E-state index in [0.29, 0.717) is 0 Å². The molecule has 0 spiro atoms. The fourth-order valence-electron chi connectivity index (χ4n) is 2.44. The second kappa shape index (κ2) is 6.76. The minimum atomic E-state index is 0.958. The normalized spacial score (nSPS) is 15.7. The van der Waals surface area contributed by atoms with Crippen molar-refractivity contribution in [3.05, 3.63) is 64.6 Å². The van der Waals surface area contributed by atoms with Crippen LogP contribution >= 0.6 is 15.9 Å². The molecule has 0 saturated carbocycles. The van der Waals surface area contributed by atoms with Crippen LogP contribution in [0.5, 0.6) is 0 Å². The van der Waals surface area contributed by atoms with Crippen LogP contribution in [-0.4, -0.2) is 37.4 Å². The van der Waals surface area contributed by atoms with Crippen LogP contribution in [-0.2, 0) is 0 Å². The summed E-state index contributed by atoms with van der Waals surface area (Å²) in [6, 6.07) is 18.8. The Morgan fingerprint density at radius 1 is 0.905 bits per heavy atom. The van der Waals surface area contributed by atoms with E-state index in [2.05, 4.69) is 73.4 Å². The molecule has 0 aliphatic carbocycles. The molecule has 0 bridgehead atoms. The van der Waals surface area contributed by atoms with Crippen LogP contribution in [0.3, 0.4) is 0 Å². The van der Waals surface area contributed by atoms with Gasteiger partial charge in [0.1, 0.15) is 0 Å². The Hall–Kier alpha value is -1.81. The van der Waals surface area contributed by atoms with Gasteiger partial charge in [0.25, 0.3) is 0 Å². The lowest BCUT2D eigenvalue weighted by atomic mass is 10.2. The van der Waals surface area contributed by atoms with Gasteiger partial charge in [-0.05, 0) is 29.8 Å². The van der Waals surface area contributed by atoms with Crippen LogP contribution in [0.4, 0.5) is 5.69 Å². The van der Waals surface area contributed by atoms with Gasteiger partial charge >= 0.3 is 0 Å². The minimum absolute atomic E-state index is 0.958. The van der Waals surface area contributed by atoms with E-state index in [-0.39, 0.29) is 0 Å². The van der Waals surface area contributed by atoms with Gasteiger partial charge in [0, 0.05) is 23.2 Å². The first-order chi connectivity index (χ1) is 10.3. The number of halogens is 1. The molecule has 108 valence electrons. The first kappa shape index (κ1) is 14.1. The van der Waals surface area contributed by atoms with Gasteiger partial charge in [-0.2, -0.15) is 5.10 Å². The topological polar surface area (TPSA) is 18.8 Å². The van der Waals surface area contributed by atoms with Gasteiger partial charge in [-0.3, -0.25) is 5.01 Å². The lowest BCUT2D eigenvalue weighted by Gasteiger charge is -2.34. The van der Waals surface area contributed by atoms with Gasteiger partial charge in [0.05, 0.1) is 19.3 Å². The molecule has 1 heterocycles. The highest BCUT2D eigenvalue weighted by molar-refractivity contribution is 9.10. The molecule has 21 heavy (non-hydrogen) atoms. The SMILES string of the molecule is Brc1cccc(/C=N\N2CCN(c3ccccc3)CC2)c1. The third kappa shape index (κ3) is 3.85. The highest BCUT2D eigenvalue weighted by atomic mass is 79.9. The maximum Gasteiger partial charge on any atom is 0.0543 e. The zero-order chi connectivity index (χ0) is 14.5. The van der Waals surface area contributed by atoms with E-state index in [1.807, 2.05) is 18.3 Å². The predicted octanol–water partition coefficient (Wildman–Crippen LogP) is 3.61. The molecule has 0 atom stereocenters. The molecule has 1 saturated heterocycles. The van der Waals surface area contributed by atoms with E-state index in [1.165, 1.54) is 5.69 Å². The van der Waals surface area contributed by atoms with Crippen molar-refractivity contribution in [2.45, 2.75) is 0 Å². The average molecular weight is 344 g/mol. The molecule has 1 aliphatic rings. The van der Waals surface area contributed by atoms with E-state index in [9.17, 15) is 0 Å². The molecule has 3 nitrogen and oxygen atoms in total. The van der Waals surface area contributed by atoms with Crippen molar-refractivity contribution in [1.82, 2.24) is 5.01 Å². The number of rotatable bonds is 3. The smallest absolute Gasteiger partial charge is 0.0543 e. The van der Waals surface area contributed by atoms with Crippen molar-refractivity contribution in [3.63, 3.8) is 0 Å². The molecule has 4 heteroatoms. The average Bonchev–Trinajstić information content (AvgIpc) is 2.54. The number of anilines is 1. The zero-order valence-corrected chi connectivity index (χ0v) is 13.4. The van der Waals surface area contributed by atoms with Crippen LogP contribution in [0, 0.1) is 0 Å². The van der Waals surface area contributed by atoms with Gasteiger partial charge in [0.15, 0.2) is 0 Å². The predicted molar refractivity (Wildman–Crippen MR) is 92.0 cm³/mol. The van der Waals surface area contributed by atoms with Crippen LogP contribution in [0.15, 0.2) is 64.2 Å². The summed E-state index contributed by atoms with van der Waals surface area (Å²) in [5.41, 5.74) is 2.42. The zero-order valence-electron chi connectivity index (χ0n) is 11.8. The van der Waals surface area contributed by atoms with Crippen LogP contribution in [0.2, 0.25) is 0 Å². The Balaban J connectivity index is 1.56. The van der Waals surface area contributed by atoms with E-state index < -0.39 is 0 Å². The Bertz CT molecular complexity index is 604. The maximum absolute atomic E-state index is 4.58. The number of hydrogen-bond donors (Lipinski definition) is 0. The van der Waals surface area contributed by atoms with Crippen LogP contribution in [0.25, 0.3) is 0 Å². The summed E-state index contributed by atoms with van der Waals surface area (Å²) in [5, 5.41) is 6.72. The fraction of sp³-hybridized carbons (Fsp3) is 0.235. The Kier molecular flexibility index (Phi) is 4.55. The summed E-state index contributed by atoms with van der Waals surface area (Å²) < 4.78 is 1.08. The third-order valence-electron chi connectivity index (χ3n) is 3.60. The number of hydrazone groups is 1. The van der Waals surface area contributed by atoms with E-state index in [0.717, 1.165) is 36.2 Å². The lowest BCUT2D eigenvalue weighted by molar-refractivity contribution is 0.272. The highest BCUT2D eigenvalue weighted by Gasteiger charge is 2.15. The first-order valence-electron chi connectivity index (χ1n) is 7.16. The monoisotopic (exact) mass is 343 g/mol. The van der Waals surface area contributed by atoms with Crippen molar-refractivity contribution in [2.24, 2.45) is 5.10 Å². The first-order valence-corrected chi connectivity index (χ1v) is 7.95. The highest BCUT2D eigenvalue weighted by Crippen LogP contribution is 2.15. The molecule has 0 unspecified atom stereocenters. The quantitative estimate of drug-likeness (QED) is 0.793. The fourth-order valence-corrected chi connectivity index (χ4v) is 2.86. The summed E-state index contributed by atoms with van der Waals surface area (Å²) in [6.07, 6.45) is 1.93. The molecular formula is C17H18BrN3. The Labute approximate surface area is 134 Å². The molecule has 2 aromatic carbocycles. The summed E-state index contributed by atoms with van der Waals surface area (Å²) in [5.74, 6) is 0. The molecule has 0 N–H and O–H groups in total. The van der Waals surface area contributed by atoms with Gasteiger partial charge in [-0.25, -0.2) is 0 Å². The number of para-hydroxylation sites is 1. The molecule has 3 rings (SSSR count). The molecular weight excluding hydrogens is 326 g/mol. The third-order valence-corrected chi connectivity index (χ3v) is 4.09. The molecule has 0 radical (unpaired) electrons. The van der Waals surface area contributed by atoms with Gasteiger partial charge in [-0.15, -0.1) is 0 Å². The van der Waals surface area contributed by atoms with E-state index in [1.54, 1.807) is 0 Å². The van der Waals surface area contributed by atoms with Gasteiger partial charge in [0.2, 0.25) is 0 Å². The summed E-state index contributed by atoms with van der Waals surface area (Å²) in [7, 11) is 0. The minimum Gasteiger partial charge on any atom is -0.368 e. The summed E-state index contributed by atoms with van der Waals surface area (Å²) in [6.45, 7) is 3.94. The number of piperazine rings is 1. The van der Waals surface area contributed by atoms with E-state index in [4.69, 9.17) is 0 Å². The van der Waals surface area contributed by atoms with Crippen molar-refractivity contribution in [2.75, 3.05) is 31.1 Å².